The van der Waals surface area contributed by atoms with Crippen LogP contribution in [0.1, 0.15) is 32.1 Å². The van der Waals surface area contributed by atoms with Crippen LogP contribution in [0.3, 0.4) is 0 Å². The highest BCUT2D eigenvalue weighted by molar-refractivity contribution is 8.01. The number of hydrogen-bond donors (Lipinski definition) is 2. The average molecular weight is 384 g/mol. The van der Waals surface area contributed by atoms with Gasteiger partial charge in [-0.05, 0) is 25.0 Å². The second kappa shape index (κ2) is 8.57. The van der Waals surface area contributed by atoms with Gasteiger partial charge in [0.1, 0.15) is 0 Å². The van der Waals surface area contributed by atoms with Crippen LogP contribution in [-0.2, 0) is 4.79 Å². The summed E-state index contributed by atoms with van der Waals surface area (Å²) in [6.45, 7) is 0. The van der Waals surface area contributed by atoms with Crippen LogP contribution < -0.4 is 10.6 Å². The van der Waals surface area contributed by atoms with Gasteiger partial charge >= 0.3 is 0 Å². The van der Waals surface area contributed by atoms with Crippen LogP contribution >= 0.6 is 23.1 Å². The summed E-state index contributed by atoms with van der Waals surface area (Å²) in [7, 11) is 0. The van der Waals surface area contributed by atoms with Crippen LogP contribution in [0.5, 0.6) is 0 Å². The Morgan fingerprint density at radius 1 is 1.20 bits per heavy atom. The smallest absolute Gasteiger partial charge is 0.234 e. The maximum absolute atomic E-state index is 13.1. The number of benzene rings is 1. The number of thioether (sulfide) groups is 1. The summed E-state index contributed by atoms with van der Waals surface area (Å²) in [6.07, 6.45) is 6.07. The zero-order chi connectivity index (χ0) is 17.6. The molecule has 1 aromatic heterocycles. The lowest BCUT2D eigenvalue weighted by Crippen LogP contribution is -2.21. The molecule has 2 N–H and O–H groups in total. The molecule has 0 unspecified atom stereocenters. The molecule has 1 aromatic carbocycles. The molecule has 9 heteroatoms. The van der Waals surface area contributed by atoms with E-state index < -0.39 is 11.6 Å². The maximum Gasteiger partial charge on any atom is 0.234 e. The predicted octanol–water partition coefficient (Wildman–Crippen LogP) is 4.29. The van der Waals surface area contributed by atoms with Gasteiger partial charge < -0.3 is 10.6 Å². The molecule has 1 aliphatic rings. The molecule has 0 bridgehead atoms. The highest BCUT2D eigenvalue weighted by Crippen LogP contribution is 2.28. The van der Waals surface area contributed by atoms with E-state index >= 15 is 0 Å². The Morgan fingerprint density at radius 2 is 2.00 bits per heavy atom. The Hall–Kier alpha value is -1.74. The number of nitrogens with zero attached hydrogens (tertiary/aromatic N) is 2. The van der Waals surface area contributed by atoms with E-state index in [1.54, 1.807) is 0 Å². The van der Waals surface area contributed by atoms with Crippen LogP contribution in [0, 0.1) is 11.6 Å². The summed E-state index contributed by atoms with van der Waals surface area (Å²) in [5.74, 6) is -2.13. The lowest BCUT2D eigenvalue weighted by molar-refractivity contribution is -0.113. The number of hydrogen-bond acceptors (Lipinski definition) is 6. The third-order valence-corrected chi connectivity index (χ3v) is 5.86. The Kier molecular flexibility index (Phi) is 6.19. The molecule has 2 aromatic rings. The van der Waals surface area contributed by atoms with Gasteiger partial charge in [0.2, 0.25) is 11.0 Å². The molecule has 0 spiro atoms. The number of aromatic nitrogens is 2. The quantitative estimate of drug-likeness (QED) is 0.727. The van der Waals surface area contributed by atoms with Crippen molar-refractivity contribution < 1.29 is 13.6 Å². The van der Waals surface area contributed by atoms with Crippen molar-refractivity contribution in [3.05, 3.63) is 29.8 Å². The van der Waals surface area contributed by atoms with E-state index in [4.69, 9.17) is 0 Å². The molecule has 3 rings (SSSR count). The van der Waals surface area contributed by atoms with Crippen molar-refractivity contribution in [1.82, 2.24) is 10.2 Å². The van der Waals surface area contributed by atoms with Crippen molar-refractivity contribution in [3.8, 4) is 0 Å². The number of carbonyl (C=O) groups excluding carboxylic acids is 1. The SMILES string of the molecule is O=C(CSc1nnc(NC2CCCCC2)s1)Nc1ccc(F)c(F)c1. The minimum absolute atomic E-state index is 0.122. The van der Waals surface area contributed by atoms with Crippen molar-refractivity contribution in [2.45, 2.75) is 42.5 Å². The van der Waals surface area contributed by atoms with E-state index in [2.05, 4.69) is 20.8 Å². The Bertz CT molecular complexity index is 735. The second-order valence-corrected chi connectivity index (χ2v) is 8.02. The van der Waals surface area contributed by atoms with Crippen LogP contribution in [0.15, 0.2) is 22.5 Å². The highest BCUT2D eigenvalue weighted by Gasteiger charge is 2.15. The fourth-order valence-corrected chi connectivity index (χ4v) is 4.28. The molecule has 0 saturated heterocycles. The molecule has 0 radical (unpaired) electrons. The Balaban J connectivity index is 1.46. The van der Waals surface area contributed by atoms with Crippen LogP contribution in [-0.4, -0.2) is 27.9 Å². The minimum atomic E-state index is -0.993. The first-order valence-corrected chi connectivity index (χ1v) is 9.88. The largest absolute Gasteiger partial charge is 0.357 e. The van der Waals surface area contributed by atoms with Crippen molar-refractivity contribution in [2.75, 3.05) is 16.4 Å². The summed E-state index contributed by atoms with van der Waals surface area (Å²) in [4.78, 5) is 11.9. The van der Waals surface area contributed by atoms with E-state index in [0.717, 1.165) is 30.1 Å². The van der Waals surface area contributed by atoms with E-state index in [1.807, 2.05) is 0 Å². The van der Waals surface area contributed by atoms with Crippen molar-refractivity contribution in [3.63, 3.8) is 0 Å². The molecule has 25 heavy (non-hydrogen) atoms. The predicted molar refractivity (Wildman–Crippen MR) is 96.1 cm³/mol. The van der Waals surface area contributed by atoms with E-state index in [0.29, 0.717) is 10.4 Å². The van der Waals surface area contributed by atoms with E-state index in [1.165, 1.54) is 48.4 Å². The molecule has 134 valence electrons. The summed E-state index contributed by atoms with van der Waals surface area (Å²) >= 11 is 2.68. The minimum Gasteiger partial charge on any atom is -0.357 e. The van der Waals surface area contributed by atoms with Gasteiger partial charge in [0.15, 0.2) is 16.0 Å². The zero-order valence-electron chi connectivity index (χ0n) is 13.4. The number of carbonyl (C=O) groups is 1. The molecular weight excluding hydrogens is 366 g/mol. The molecular formula is C16H18F2N4OS2. The van der Waals surface area contributed by atoms with Gasteiger partial charge in [0, 0.05) is 17.8 Å². The van der Waals surface area contributed by atoms with Gasteiger partial charge in [-0.3, -0.25) is 4.79 Å². The van der Waals surface area contributed by atoms with Gasteiger partial charge in [0.05, 0.1) is 5.75 Å². The normalized spacial score (nSPS) is 15.1. The van der Waals surface area contributed by atoms with Crippen molar-refractivity contribution in [1.29, 1.82) is 0 Å². The molecule has 0 aliphatic heterocycles. The van der Waals surface area contributed by atoms with Crippen molar-refractivity contribution >= 4 is 39.8 Å². The van der Waals surface area contributed by atoms with Crippen molar-refractivity contribution in [2.24, 2.45) is 0 Å². The molecule has 1 saturated carbocycles. The van der Waals surface area contributed by atoms with Gasteiger partial charge in [-0.25, -0.2) is 8.78 Å². The third-order valence-electron chi connectivity index (χ3n) is 3.87. The fourth-order valence-electron chi connectivity index (χ4n) is 2.65. The van der Waals surface area contributed by atoms with Crippen LogP contribution in [0.4, 0.5) is 19.6 Å². The molecule has 5 nitrogen and oxygen atoms in total. The standard InChI is InChI=1S/C16H18F2N4OS2/c17-12-7-6-11(8-13(12)18)19-14(23)9-24-16-22-21-15(25-16)20-10-4-2-1-3-5-10/h6-8,10H,1-5,9H2,(H,19,23)(H,20,21). The van der Waals surface area contributed by atoms with Crippen LogP contribution in [0.2, 0.25) is 0 Å². The molecule has 1 fully saturated rings. The summed E-state index contributed by atoms with van der Waals surface area (Å²) in [5.41, 5.74) is 0.224. The first-order chi connectivity index (χ1) is 12.1. The number of nitrogens with one attached hydrogen (secondary N) is 2. The monoisotopic (exact) mass is 384 g/mol. The number of amides is 1. The first kappa shape index (κ1) is 18.1. The number of anilines is 2. The van der Waals surface area contributed by atoms with Gasteiger partial charge in [0.25, 0.3) is 0 Å². The molecule has 1 aliphatic carbocycles. The van der Waals surface area contributed by atoms with E-state index in [-0.39, 0.29) is 17.3 Å². The lowest BCUT2D eigenvalue weighted by Gasteiger charge is -2.21. The topological polar surface area (TPSA) is 66.9 Å². The molecule has 1 amide bonds. The fraction of sp³-hybridized carbons (Fsp3) is 0.438. The van der Waals surface area contributed by atoms with Crippen LogP contribution in [0.25, 0.3) is 0 Å². The first-order valence-electron chi connectivity index (χ1n) is 8.08. The number of halogens is 2. The number of rotatable bonds is 6. The van der Waals surface area contributed by atoms with Gasteiger partial charge in [-0.1, -0.05) is 42.4 Å². The lowest BCUT2D eigenvalue weighted by atomic mass is 9.96. The maximum atomic E-state index is 13.1. The molecule has 0 atom stereocenters. The van der Waals surface area contributed by atoms with Gasteiger partial charge in [-0.2, -0.15) is 0 Å². The third kappa shape index (κ3) is 5.37. The Labute approximate surface area is 152 Å². The Morgan fingerprint density at radius 3 is 2.76 bits per heavy atom. The highest BCUT2D eigenvalue weighted by atomic mass is 32.2. The molecule has 1 heterocycles. The van der Waals surface area contributed by atoms with E-state index in [9.17, 15) is 13.6 Å². The van der Waals surface area contributed by atoms with Gasteiger partial charge in [-0.15, -0.1) is 10.2 Å². The zero-order valence-corrected chi connectivity index (χ0v) is 15.1. The average Bonchev–Trinajstić information content (AvgIpc) is 3.05. The summed E-state index contributed by atoms with van der Waals surface area (Å²) in [6, 6.07) is 3.70. The summed E-state index contributed by atoms with van der Waals surface area (Å²) in [5, 5.41) is 14.9. The summed E-state index contributed by atoms with van der Waals surface area (Å²) < 4.78 is 26.7. The second-order valence-electron chi connectivity index (χ2n) is 5.82.